The lowest BCUT2D eigenvalue weighted by Gasteiger charge is -2.05. The van der Waals surface area contributed by atoms with E-state index in [0.29, 0.717) is 17.5 Å². The zero-order chi connectivity index (χ0) is 19.2. The van der Waals surface area contributed by atoms with Crippen LogP contribution in [-0.2, 0) is 23.2 Å². The molecule has 2 aromatic heterocycles. The van der Waals surface area contributed by atoms with Gasteiger partial charge in [-0.1, -0.05) is 42.1 Å². The monoisotopic (exact) mass is 387 g/mol. The van der Waals surface area contributed by atoms with Crippen molar-refractivity contribution in [2.24, 2.45) is 7.05 Å². The number of thioether (sulfide) groups is 1. The zero-order valence-electron chi connectivity index (χ0n) is 14.7. The molecule has 140 valence electrons. The van der Waals surface area contributed by atoms with E-state index in [0.717, 1.165) is 5.56 Å². The Kier molecular flexibility index (Phi) is 5.81. The number of amides is 2. The molecule has 27 heavy (non-hydrogen) atoms. The van der Waals surface area contributed by atoms with Gasteiger partial charge in [0.15, 0.2) is 16.7 Å². The van der Waals surface area contributed by atoms with Gasteiger partial charge >= 0.3 is 0 Å². The molecule has 2 heterocycles. The van der Waals surface area contributed by atoms with Gasteiger partial charge in [-0.2, -0.15) is 0 Å². The van der Waals surface area contributed by atoms with Crippen molar-refractivity contribution in [2.75, 3.05) is 11.1 Å². The molecule has 2 amide bonds. The van der Waals surface area contributed by atoms with Crippen LogP contribution in [-0.4, -0.2) is 42.6 Å². The van der Waals surface area contributed by atoms with Crippen molar-refractivity contribution in [1.82, 2.24) is 30.4 Å². The van der Waals surface area contributed by atoms with Crippen molar-refractivity contribution < 1.29 is 14.2 Å². The van der Waals surface area contributed by atoms with Gasteiger partial charge in [0.25, 0.3) is 0 Å². The Bertz CT molecular complexity index is 939. The van der Waals surface area contributed by atoms with Crippen LogP contribution in [0.4, 0.5) is 5.82 Å². The van der Waals surface area contributed by atoms with Crippen LogP contribution >= 0.6 is 11.8 Å². The SMILES string of the molecule is CC(=O)Nc1nonc1-c1nnc(SCC(=O)NCc2ccccc2)n1C. The van der Waals surface area contributed by atoms with Crippen LogP contribution in [0.25, 0.3) is 11.5 Å². The highest BCUT2D eigenvalue weighted by Crippen LogP contribution is 2.25. The average molecular weight is 387 g/mol. The van der Waals surface area contributed by atoms with Gasteiger partial charge in [-0.15, -0.1) is 10.2 Å². The largest absolute Gasteiger partial charge is 0.351 e. The van der Waals surface area contributed by atoms with Crippen LogP contribution in [0.15, 0.2) is 40.1 Å². The summed E-state index contributed by atoms with van der Waals surface area (Å²) in [6.45, 7) is 1.82. The fourth-order valence-electron chi connectivity index (χ4n) is 2.21. The van der Waals surface area contributed by atoms with Gasteiger partial charge < -0.3 is 15.2 Å². The summed E-state index contributed by atoms with van der Waals surface area (Å²) in [5, 5.41) is 21.4. The Hall–Kier alpha value is -3.21. The van der Waals surface area contributed by atoms with Gasteiger partial charge in [-0.05, 0) is 15.9 Å². The number of nitrogens with one attached hydrogen (secondary N) is 2. The van der Waals surface area contributed by atoms with Crippen LogP contribution in [0.5, 0.6) is 0 Å². The molecule has 0 fully saturated rings. The number of nitrogens with zero attached hydrogens (tertiary/aromatic N) is 5. The van der Waals surface area contributed by atoms with Crippen LogP contribution in [0, 0.1) is 0 Å². The van der Waals surface area contributed by atoms with Crippen molar-refractivity contribution >= 4 is 29.4 Å². The topological polar surface area (TPSA) is 128 Å². The molecule has 0 aliphatic rings. The maximum absolute atomic E-state index is 12.0. The molecule has 2 N–H and O–H groups in total. The second-order valence-corrected chi connectivity index (χ2v) is 6.50. The van der Waals surface area contributed by atoms with Gasteiger partial charge in [0.05, 0.1) is 5.75 Å². The summed E-state index contributed by atoms with van der Waals surface area (Å²) in [7, 11) is 1.73. The van der Waals surface area contributed by atoms with Gasteiger partial charge in [-0.25, -0.2) is 4.63 Å². The maximum Gasteiger partial charge on any atom is 0.230 e. The number of benzene rings is 1. The van der Waals surface area contributed by atoms with E-state index in [1.165, 1.54) is 18.7 Å². The molecule has 3 aromatic rings. The van der Waals surface area contributed by atoms with Crippen molar-refractivity contribution in [2.45, 2.75) is 18.6 Å². The van der Waals surface area contributed by atoms with E-state index in [2.05, 4.69) is 35.8 Å². The summed E-state index contributed by atoms with van der Waals surface area (Å²) in [6, 6.07) is 9.66. The van der Waals surface area contributed by atoms with E-state index in [4.69, 9.17) is 0 Å². The number of anilines is 1. The van der Waals surface area contributed by atoms with Crippen molar-refractivity contribution in [1.29, 1.82) is 0 Å². The fourth-order valence-corrected chi connectivity index (χ4v) is 2.95. The molecule has 3 rings (SSSR count). The first-order valence-electron chi connectivity index (χ1n) is 7.98. The minimum absolute atomic E-state index is 0.115. The molecule has 0 bridgehead atoms. The summed E-state index contributed by atoms with van der Waals surface area (Å²) in [5.74, 6) is 0.297. The number of rotatable bonds is 7. The van der Waals surface area contributed by atoms with Crippen LogP contribution < -0.4 is 10.6 Å². The molecule has 0 atom stereocenters. The smallest absolute Gasteiger partial charge is 0.230 e. The quantitative estimate of drug-likeness (QED) is 0.580. The molecule has 0 radical (unpaired) electrons. The first kappa shape index (κ1) is 18.6. The third-order valence-electron chi connectivity index (χ3n) is 3.49. The molecule has 0 aliphatic heterocycles. The van der Waals surface area contributed by atoms with E-state index < -0.39 is 0 Å². The van der Waals surface area contributed by atoms with Crippen molar-refractivity contribution in [3.05, 3.63) is 35.9 Å². The highest BCUT2D eigenvalue weighted by Gasteiger charge is 2.21. The minimum Gasteiger partial charge on any atom is -0.351 e. The second-order valence-electron chi connectivity index (χ2n) is 5.56. The van der Waals surface area contributed by atoms with Crippen molar-refractivity contribution in [3.8, 4) is 11.5 Å². The van der Waals surface area contributed by atoms with Crippen LogP contribution in [0.1, 0.15) is 12.5 Å². The van der Waals surface area contributed by atoms with E-state index in [-0.39, 0.29) is 29.1 Å². The summed E-state index contributed by atoms with van der Waals surface area (Å²) < 4.78 is 6.32. The second kappa shape index (κ2) is 8.45. The van der Waals surface area contributed by atoms with Gasteiger partial charge in [-0.3, -0.25) is 9.59 Å². The molecule has 0 saturated carbocycles. The van der Waals surface area contributed by atoms with E-state index in [1.807, 2.05) is 30.3 Å². The lowest BCUT2D eigenvalue weighted by atomic mass is 10.2. The predicted octanol–water partition coefficient (Wildman–Crippen LogP) is 1.23. The van der Waals surface area contributed by atoms with E-state index in [9.17, 15) is 9.59 Å². The lowest BCUT2D eigenvalue weighted by molar-refractivity contribution is -0.118. The third-order valence-corrected chi connectivity index (χ3v) is 4.51. The third kappa shape index (κ3) is 4.70. The standard InChI is InChI=1S/C16H17N7O3S/c1-10(24)18-14-13(21-26-22-14)15-19-20-16(23(15)2)27-9-12(25)17-8-11-6-4-3-5-7-11/h3-7H,8-9H2,1-2H3,(H,17,25)(H,18,22,24). The summed E-state index contributed by atoms with van der Waals surface area (Å²) in [6.07, 6.45) is 0. The molecule has 11 heteroatoms. The van der Waals surface area contributed by atoms with E-state index >= 15 is 0 Å². The Morgan fingerprint density at radius 3 is 2.70 bits per heavy atom. The first-order chi connectivity index (χ1) is 13.0. The minimum atomic E-state index is -0.307. The molecular weight excluding hydrogens is 370 g/mol. The highest BCUT2D eigenvalue weighted by molar-refractivity contribution is 7.99. The molecule has 0 saturated heterocycles. The lowest BCUT2D eigenvalue weighted by Crippen LogP contribution is -2.24. The number of carbonyl (C=O) groups excluding carboxylic acids is 2. The van der Waals surface area contributed by atoms with E-state index in [1.54, 1.807) is 11.6 Å². The Morgan fingerprint density at radius 2 is 1.96 bits per heavy atom. The summed E-state index contributed by atoms with van der Waals surface area (Å²) >= 11 is 1.24. The first-order valence-corrected chi connectivity index (χ1v) is 8.96. The van der Waals surface area contributed by atoms with Gasteiger partial charge in [0, 0.05) is 20.5 Å². The molecule has 0 unspecified atom stereocenters. The summed E-state index contributed by atoms with van der Waals surface area (Å²) in [5.41, 5.74) is 1.29. The number of aromatic nitrogens is 5. The highest BCUT2D eigenvalue weighted by atomic mass is 32.2. The molecule has 0 aliphatic carbocycles. The summed E-state index contributed by atoms with van der Waals surface area (Å²) in [4.78, 5) is 23.3. The maximum atomic E-state index is 12.0. The normalized spacial score (nSPS) is 10.6. The molecule has 0 spiro atoms. The number of carbonyl (C=O) groups is 2. The molecule has 10 nitrogen and oxygen atoms in total. The Labute approximate surface area is 158 Å². The van der Waals surface area contributed by atoms with Crippen LogP contribution in [0.2, 0.25) is 0 Å². The number of hydrogen-bond donors (Lipinski definition) is 2. The fraction of sp³-hybridized carbons (Fsp3) is 0.250. The van der Waals surface area contributed by atoms with Gasteiger partial charge in [0.1, 0.15) is 0 Å². The Morgan fingerprint density at radius 1 is 1.19 bits per heavy atom. The van der Waals surface area contributed by atoms with Crippen molar-refractivity contribution in [3.63, 3.8) is 0 Å². The van der Waals surface area contributed by atoms with Gasteiger partial charge in [0.2, 0.25) is 17.6 Å². The Balaban J connectivity index is 1.60. The predicted molar refractivity (Wildman–Crippen MR) is 97.6 cm³/mol. The molecular formula is C16H17N7O3S. The zero-order valence-corrected chi connectivity index (χ0v) is 15.5. The molecule has 1 aromatic carbocycles. The average Bonchev–Trinajstić information content (AvgIpc) is 3.24. The number of hydrogen-bond acceptors (Lipinski definition) is 8. The van der Waals surface area contributed by atoms with Crippen LogP contribution in [0.3, 0.4) is 0 Å².